The Labute approximate surface area is 135 Å². The molecule has 0 saturated carbocycles. The van der Waals surface area contributed by atoms with Crippen LogP contribution in [0.25, 0.3) is 0 Å². The molecule has 0 saturated heterocycles. The molecule has 0 bridgehead atoms. The first-order valence-electron chi connectivity index (χ1n) is 6.24. The number of hydrogen-bond donors (Lipinski definition) is 3. The Morgan fingerprint density at radius 2 is 2.13 bits per heavy atom. The smallest absolute Gasteiger partial charge is 0.312 e. The van der Waals surface area contributed by atoms with Gasteiger partial charge in [-0.15, -0.1) is 0 Å². The van der Waals surface area contributed by atoms with Crippen LogP contribution in [0.1, 0.15) is 15.9 Å². The lowest BCUT2D eigenvalue weighted by Crippen LogP contribution is -2.17. The van der Waals surface area contributed by atoms with Crippen molar-refractivity contribution < 1.29 is 14.8 Å². The summed E-state index contributed by atoms with van der Waals surface area (Å²) in [5, 5.41) is 24.3. The number of nitrogens with zero attached hydrogens (tertiary/aromatic N) is 2. The van der Waals surface area contributed by atoms with Crippen LogP contribution in [0.5, 0.6) is 5.75 Å². The number of phenolic OH excluding ortho intramolecular Hbond substituents is 1. The number of aromatic hydroxyl groups is 1. The normalized spacial score (nSPS) is 10.7. The number of phenols is 1. The summed E-state index contributed by atoms with van der Waals surface area (Å²) in [6, 6.07) is 8.54. The molecule has 2 aromatic carbocycles. The number of anilines is 1. The highest BCUT2D eigenvalue weighted by molar-refractivity contribution is 6.31. The third kappa shape index (κ3) is 3.95. The maximum Gasteiger partial charge on any atom is 0.312 e. The van der Waals surface area contributed by atoms with Gasteiger partial charge in [-0.2, -0.15) is 5.10 Å². The fourth-order valence-corrected chi connectivity index (χ4v) is 1.97. The molecule has 0 aromatic heterocycles. The van der Waals surface area contributed by atoms with Crippen LogP contribution in [-0.2, 0) is 0 Å². The van der Waals surface area contributed by atoms with Gasteiger partial charge in [0.05, 0.1) is 11.1 Å². The molecular formula is C14H11ClN4O4. The van der Waals surface area contributed by atoms with Crippen molar-refractivity contribution in [3.8, 4) is 5.75 Å². The number of nitrogen functional groups attached to an aromatic ring is 1. The van der Waals surface area contributed by atoms with E-state index in [1.807, 2.05) is 0 Å². The maximum atomic E-state index is 11.8. The minimum atomic E-state index is -0.774. The van der Waals surface area contributed by atoms with Gasteiger partial charge in [0, 0.05) is 27.9 Å². The number of halogens is 1. The molecule has 23 heavy (non-hydrogen) atoms. The van der Waals surface area contributed by atoms with Crippen LogP contribution < -0.4 is 11.2 Å². The van der Waals surface area contributed by atoms with Gasteiger partial charge in [0.1, 0.15) is 0 Å². The predicted molar refractivity (Wildman–Crippen MR) is 85.7 cm³/mol. The molecule has 9 heteroatoms. The van der Waals surface area contributed by atoms with Gasteiger partial charge in [0.2, 0.25) is 5.75 Å². The van der Waals surface area contributed by atoms with E-state index in [1.54, 1.807) is 18.2 Å². The molecule has 0 aliphatic carbocycles. The fraction of sp³-hybridized carbons (Fsp3) is 0. The minimum absolute atomic E-state index is 0.00271. The molecule has 2 aromatic rings. The third-order valence-electron chi connectivity index (χ3n) is 2.80. The second-order valence-electron chi connectivity index (χ2n) is 4.44. The van der Waals surface area contributed by atoms with E-state index in [9.17, 15) is 20.0 Å². The van der Waals surface area contributed by atoms with Crippen LogP contribution in [-0.4, -0.2) is 22.2 Å². The van der Waals surface area contributed by atoms with Crippen LogP contribution in [0.4, 0.5) is 11.4 Å². The maximum absolute atomic E-state index is 11.8. The van der Waals surface area contributed by atoms with E-state index in [1.165, 1.54) is 12.1 Å². The summed E-state index contributed by atoms with van der Waals surface area (Å²) in [5.41, 5.74) is 7.95. The standard InChI is InChI=1S/C14H11ClN4O4/c15-10-4-9(13(20)12(6-10)19(22)23)7-17-18-14(21)8-2-1-3-11(16)5-8/h1-7,20H,16H2,(H,18,21). The summed E-state index contributed by atoms with van der Waals surface area (Å²) in [7, 11) is 0. The van der Waals surface area contributed by atoms with Gasteiger partial charge in [0.25, 0.3) is 5.91 Å². The second-order valence-corrected chi connectivity index (χ2v) is 4.88. The minimum Gasteiger partial charge on any atom is -0.502 e. The Morgan fingerprint density at radius 3 is 2.78 bits per heavy atom. The highest BCUT2D eigenvalue weighted by Gasteiger charge is 2.17. The number of rotatable bonds is 4. The van der Waals surface area contributed by atoms with Crippen LogP contribution in [0.15, 0.2) is 41.5 Å². The van der Waals surface area contributed by atoms with Gasteiger partial charge in [-0.3, -0.25) is 14.9 Å². The number of nitrogens with two attached hydrogens (primary N) is 1. The van der Waals surface area contributed by atoms with Crippen molar-refractivity contribution in [1.82, 2.24) is 5.43 Å². The zero-order chi connectivity index (χ0) is 17.0. The number of nitro groups is 1. The number of amides is 1. The topological polar surface area (TPSA) is 131 Å². The van der Waals surface area contributed by atoms with Crippen molar-refractivity contribution in [3.63, 3.8) is 0 Å². The van der Waals surface area contributed by atoms with Crippen LogP contribution in [0, 0.1) is 10.1 Å². The summed E-state index contributed by atoms with van der Waals surface area (Å²) in [5.74, 6) is -1.12. The van der Waals surface area contributed by atoms with E-state index in [0.717, 1.165) is 12.3 Å². The van der Waals surface area contributed by atoms with Gasteiger partial charge in [-0.1, -0.05) is 17.7 Å². The lowest BCUT2D eigenvalue weighted by Gasteiger charge is -2.03. The Bertz CT molecular complexity index is 807. The zero-order valence-corrected chi connectivity index (χ0v) is 12.3. The van der Waals surface area contributed by atoms with E-state index >= 15 is 0 Å². The lowest BCUT2D eigenvalue weighted by atomic mass is 10.2. The summed E-state index contributed by atoms with van der Waals surface area (Å²) in [6.45, 7) is 0. The van der Waals surface area contributed by atoms with Crippen LogP contribution in [0.2, 0.25) is 5.02 Å². The molecule has 0 spiro atoms. The first-order valence-corrected chi connectivity index (χ1v) is 6.62. The number of nitrogens with one attached hydrogen (secondary N) is 1. The molecule has 0 fully saturated rings. The molecule has 0 aliphatic rings. The van der Waals surface area contributed by atoms with Crippen molar-refractivity contribution >= 4 is 35.1 Å². The number of carbonyl (C=O) groups excluding carboxylic acids is 1. The van der Waals surface area contributed by atoms with Crippen LogP contribution in [0.3, 0.4) is 0 Å². The zero-order valence-electron chi connectivity index (χ0n) is 11.6. The molecule has 0 aliphatic heterocycles. The summed E-state index contributed by atoms with van der Waals surface area (Å²) < 4.78 is 0. The predicted octanol–water partition coefficient (Wildman–Crippen LogP) is 2.30. The monoisotopic (exact) mass is 334 g/mol. The summed E-state index contributed by atoms with van der Waals surface area (Å²) >= 11 is 5.74. The van der Waals surface area contributed by atoms with Gasteiger partial charge >= 0.3 is 5.69 Å². The van der Waals surface area contributed by atoms with Crippen molar-refractivity contribution in [2.45, 2.75) is 0 Å². The number of hydrogen-bond acceptors (Lipinski definition) is 6. The first kappa shape index (κ1) is 16.2. The quantitative estimate of drug-likeness (QED) is 0.341. The molecule has 0 atom stereocenters. The van der Waals surface area contributed by atoms with E-state index in [0.29, 0.717) is 11.3 Å². The number of benzene rings is 2. The Balaban J connectivity index is 2.18. The van der Waals surface area contributed by atoms with Crippen molar-refractivity contribution in [2.75, 3.05) is 5.73 Å². The average molecular weight is 335 g/mol. The molecule has 1 amide bonds. The SMILES string of the molecule is Nc1cccc(C(=O)NN=Cc2cc(Cl)cc([N+](=O)[O-])c2O)c1. The average Bonchev–Trinajstić information content (AvgIpc) is 2.49. The van der Waals surface area contributed by atoms with E-state index in [-0.39, 0.29) is 10.6 Å². The van der Waals surface area contributed by atoms with Gasteiger partial charge in [0.15, 0.2) is 0 Å². The number of hydrazone groups is 1. The first-order chi connectivity index (χ1) is 10.9. The molecule has 0 heterocycles. The van der Waals surface area contributed by atoms with Gasteiger partial charge in [-0.05, 0) is 24.3 Å². The third-order valence-corrected chi connectivity index (χ3v) is 3.02. The summed E-state index contributed by atoms with van der Waals surface area (Å²) in [6.07, 6.45) is 1.05. The highest BCUT2D eigenvalue weighted by atomic mass is 35.5. The largest absolute Gasteiger partial charge is 0.502 e. The molecule has 0 unspecified atom stereocenters. The molecular weight excluding hydrogens is 324 g/mol. The van der Waals surface area contributed by atoms with Gasteiger partial charge < -0.3 is 10.8 Å². The highest BCUT2D eigenvalue weighted by Crippen LogP contribution is 2.32. The van der Waals surface area contributed by atoms with Crippen molar-refractivity contribution in [2.24, 2.45) is 5.10 Å². The molecule has 2 rings (SSSR count). The Kier molecular flexibility index (Phi) is 4.77. The van der Waals surface area contributed by atoms with E-state index in [2.05, 4.69) is 10.5 Å². The van der Waals surface area contributed by atoms with E-state index < -0.39 is 22.3 Å². The van der Waals surface area contributed by atoms with Crippen molar-refractivity contribution in [3.05, 3.63) is 62.7 Å². The Morgan fingerprint density at radius 1 is 1.39 bits per heavy atom. The second kappa shape index (κ2) is 6.75. The lowest BCUT2D eigenvalue weighted by molar-refractivity contribution is -0.385. The molecule has 118 valence electrons. The number of nitro benzene ring substituents is 1. The fourth-order valence-electron chi connectivity index (χ4n) is 1.75. The Hall–Kier alpha value is -3.13. The molecule has 0 radical (unpaired) electrons. The molecule has 4 N–H and O–H groups in total. The summed E-state index contributed by atoms with van der Waals surface area (Å²) in [4.78, 5) is 21.8. The van der Waals surface area contributed by atoms with Gasteiger partial charge in [-0.25, -0.2) is 5.43 Å². The van der Waals surface area contributed by atoms with E-state index in [4.69, 9.17) is 17.3 Å². The van der Waals surface area contributed by atoms with Crippen LogP contribution >= 0.6 is 11.6 Å². The molecule has 8 nitrogen and oxygen atoms in total. The van der Waals surface area contributed by atoms with Crippen molar-refractivity contribution in [1.29, 1.82) is 0 Å². The number of carbonyl (C=O) groups is 1.